The average Bonchev–Trinajstić information content (AvgIpc) is 2.57. The van der Waals surface area contributed by atoms with Crippen LogP contribution in [0.5, 0.6) is 0 Å². The molecule has 1 nitrogen and oxygen atoms in total. The van der Waals surface area contributed by atoms with Crippen LogP contribution in [0.2, 0.25) is 0 Å². The van der Waals surface area contributed by atoms with Crippen LogP contribution in [-0.2, 0) is 6.42 Å². The Balaban J connectivity index is 2.66. The molecular formula is C9H12ClNS. The van der Waals surface area contributed by atoms with Crippen LogP contribution in [0.3, 0.4) is 0 Å². The second kappa shape index (κ2) is 4.06. The van der Waals surface area contributed by atoms with Gasteiger partial charge in [0.15, 0.2) is 0 Å². The Morgan fingerprint density at radius 3 is 3.00 bits per heavy atom. The first kappa shape index (κ1) is 9.75. The van der Waals surface area contributed by atoms with Crippen molar-refractivity contribution in [2.75, 3.05) is 5.88 Å². The molecule has 12 heavy (non-hydrogen) atoms. The number of allylic oxidation sites excluding steroid dienone is 1. The topological polar surface area (TPSA) is 12.9 Å². The molecule has 1 rings (SSSR count). The van der Waals surface area contributed by atoms with Crippen molar-refractivity contribution in [1.82, 2.24) is 4.98 Å². The van der Waals surface area contributed by atoms with E-state index < -0.39 is 0 Å². The molecule has 0 bridgehead atoms. The third-order valence-corrected chi connectivity index (χ3v) is 3.11. The van der Waals surface area contributed by atoms with Gasteiger partial charge in [-0.3, -0.25) is 0 Å². The maximum atomic E-state index is 5.83. The van der Waals surface area contributed by atoms with Crippen LogP contribution >= 0.6 is 22.9 Å². The minimum atomic E-state index is -0.0182. The van der Waals surface area contributed by atoms with Crippen molar-refractivity contribution < 1.29 is 0 Å². The molecule has 3 heteroatoms. The summed E-state index contributed by atoms with van der Waals surface area (Å²) in [5.74, 6) is 0.591. The van der Waals surface area contributed by atoms with E-state index in [1.807, 2.05) is 17.0 Å². The predicted molar refractivity (Wildman–Crippen MR) is 54.8 cm³/mol. The lowest BCUT2D eigenvalue weighted by Crippen LogP contribution is -2.18. The van der Waals surface area contributed by atoms with Gasteiger partial charge < -0.3 is 0 Å². The van der Waals surface area contributed by atoms with Gasteiger partial charge in [-0.05, 0) is 0 Å². The fourth-order valence-corrected chi connectivity index (χ4v) is 1.67. The second-order valence-corrected chi connectivity index (χ2v) is 4.13. The van der Waals surface area contributed by atoms with Crippen molar-refractivity contribution >= 4 is 22.9 Å². The molecule has 0 fully saturated rings. The van der Waals surface area contributed by atoms with E-state index in [1.54, 1.807) is 11.3 Å². The Morgan fingerprint density at radius 1 is 1.83 bits per heavy atom. The van der Waals surface area contributed by atoms with E-state index in [4.69, 9.17) is 11.6 Å². The van der Waals surface area contributed by atoms with Crippen molar-refractivity contribution in [3.63, 3.8) is 0 Å². The molecule has 0 aliphatic rings. The van der Waals surface area contributed by atoms with Crippen LogP contribution < -0.4 is 0 Å². The Labute approximate surface area is 82.1 Å². The maximum Gasteiger partial charge on any atom is 0.0794 e. The van der Waals surface area contributed by atoms with Crippen molar-refractivity contribution in [2.45, 2.75) is 13.3 Å². The van der Waals surface area contributed by atoms with Gasteiger partial charge in [0.25, 0.3) is 0 Å². The van der Waals surface area contributed by atoms with Crippen molar-refractivity contribution in [1.29, 1.82) is 0 Å². The van der Waals surface area contributed by atoms with Crippen LogP contribution in [0.15, 0.2) is 23.5 Å². The van der Waals surface area contributed by atoms with Gasteiger partial charge in [0, 0.05) is 23.1 Å². The molecule has 1 unspecified atom stereocenters. The van der Waals surface area contributed by atoms with Gasteiger partial charge in [-0.1, -0.05) is 13.0 Å². The zero-order valence-electron chi connectivity index (χ0n) is 7.09. The molecule has 1 aromatic rings. The third kappa shape index (κ3) is 2.32. The second-order valence-electron chi connectivity index (χ2n) is 3.15. The summed E-state index contributed by atoms with van der Waals surface area (Å²) in [5.41, 5.74) is 2.92. The number of hydrogen-bond acceptors (Lipinski definition) is 2. The summed E-state index contributed by atoms with van der Waals surface area (Å²) in [5, 5.41) is 2.05. The first-order valence-electron chi connectivity index (χ1n) is 3.77. The van der Waals surface area contributed by atoms with Crippen LogP contribution in [0.1, 0.15) is 12.6 Å². The van der Waals surface area contributed by atoms with E-state index in [1.165, 1.54) is 0 Å². The summed E-state index contributed by atoms with van der Waals surface area (Å²) >= 11 is 7.44. The van der Waals surface area contributed by atoms with Crippen LogP contribution in [0, 0.1) is 5.41 Å². The number of thiazole rings is 1. The zero-order valence-corrected chi connectivity index (χ0v) is 8.66. The SMILES string of the molecule is C=CC(C)(CCl)Cc1cscn1. The first-order chi connectivity index (χ1) is 5.70. The van der Waals surface area contributed by atoms with E-state index in [2.05, 4.69) is 18.5 Å². The number of nitrogens with zero attached hydrogens (tertiary/aromatic N) is 1. The lowest BCUT2D eigenvalue weighted by Gasteiger charge is -2.20. The zero-order chi connectivity index (χ0) is 9.03. The molecule has 1 heterocycles. The van der Waals surface area contributed by atoms with E-state index in [-0.39, 0.29) is 5.41 Å². The number of hydrogen-bond donors (Lipinski definition) is 0. The minimum Gasteiger partial charge on any atom is -0.250 e. The van der Waals surface area contributed by atoms with Gasteiger partial charge in [0.2, 0.25) is 0 Å². The number of aromatic nitrogens is 1. The number of halogens is 1. The molecule has 0 aliphatic heterocycles. The molecule has 0 amide bonds. The monoisotopic (exact) mass is 201 g/mol. The van der Waals surface area contributed by atoms with Crippen LogP contribution in [-0.4, -0.2) is 10.9 Å². The minimum absolute atomic E-state index is 0.0182. The van der Waals surface area contributed by atoms with Crippen molar-refractivity contribution in [2.24, 2.45) is 5.41 Å². The average molecular weight is 202 g/mol. The summed E-state index contributed by atoms with van der Waals surface area (Å²) in [4.78, 5) is 4.21. The molecule has 0 radical (unpaired) electrons. The van der Waals surface area contributed by atoms with Gasteiger partial charge in [0.1, 0.15) is 0 Å². The Hall–Kier alpha value is -0.340. The fourth-order valence-electron chi connectivity index (χ4n) is 0.913. The highest BCUT2D eigenvalue weighted by atomic mass is 35.5. The highest BCUT2D eigenvalue weighted by Gasteiger charge is 2.20. The summed E-state index contributed by atoms with van der Waals surface area (Å²) in [6.07, 6.45) is 2.78. The van der Waals surface area contributed by atoms with Crippen molar-refractivity contribution in [3.8, 4) is 0 Å². The van der Waals surface area contributed by atoms with Crippen LogP contribution in [0.4, 0.5) is 0 Å². The highest BCUT2D eigenvalue weighted by Crippen LogP contribution is 2.25. The molecule has 0 aliphatic carbocycles. The third-order valence-electron chi connectivity index (χ3n) is 1.87. The van der Waals surface area contributed by atoms with E-state index in [9.17, 15) is 0 Å². The quantitative estimate of drug-likeness (QED) is 0.539. The summed E-state index contributed by atoms with van der Waals surface area (Å²) in [6.45, 7) is 5.86. The van der Waals surface area contributed by atoms with Crippen molar-refractivity contribution in [3.05, 3.63) is 29.2 Å². The highest BCUT2D eigenvalue weighted by molar-refractivity contribution is 7.07. The molecule has 1 atom stereocenters. The largest absolute Gasteiger partial charge is 0.250 e. The van der Waals surface area contributed by atoms with Crippen LogP contribution in [0.25, 0.3) is 0 Å². The van der Waals surface area contributed by atoms with E-state index in [0.29, 0.717) is 5.88 Å². The summed E-state index contributed by atoms with van der Waals surface area (Å²) in [7, 11) is 0. The standard InChI is InChI=1S/C9H12ClNS/c1-3-9(2,6-10)4-8-5-12-7-11-8/h3,5,7H,1,4,6H2,2H3. The first-order valence-corrected chi connectivity index (χ1v) is 5.24. The Bertz CT molecular complexity index is 245. The summed E-state index contributed by atoms with van der Waals surface area (Å²) in [6, 6.07) is 0. The van der Waals surface area contributed by atoms with Gasteiger partial charge in [-0.25, -0.2) is 4.98 Å². The molecule has 66 valence electrons. The fraction of sp³-hybridized carbons (Fsp3) is 0.444. The normalized spacial score (nSPS) is 15.5. The lowest BCUT2D eigenvalue weighted by atomic mass is 9.88. The molecule has 1 aromatic heterocycles. The molecular weight excluding hydrogens is 190 g/mol. The molecule has 0 N–H and O–H groups in total. The lowest BCUT2D eigenvalue weighted by molar-refractivity contribution is 0.481. The van der Waals surface area contributed by atoms with Gasteiger partial charge in [0.05, 0.1) is 11.2 Å². The molecule has 0 spiro atoms. The number of alkyl halides is 1. The molecule has 0 saturated carbocycles. The Morgan fingerprint density at radius 2 is 2.58 bits per heavy atom. The van der Waals surface area contributed by atoms with E-state index in [0.717, 1.165) is 12.1 Å². The maximum absolute atomic E-state index is 5.83. The Kier molecular flexibility index (Phi) is 3.29. The van der Waals surface area contributed by atoms with E-state index >= 15 is 0 Å². The van der Waals surface area contributed by atoms with Gasteiger partial charge in [-0.2, -0.15) is 0 Å². The number of rotatable bonds is 4. The predicted octanol–water partition coefficient (Wildman–Crippen LogP) is 3.12. The summed E-state index contributed by atoms with van der Waals surface area (Å²) < 4.78 is 0. The molecule has 0 saturated heterocycles. The van der Waals surface area contributed by atoms with Gasteiger partial charge in [-0.15, -0.1) is 29.5 Å². The smallest absolute Gasteiger partial charge is 0.0794 e. The molecule has 0 aromatic carbocycles. The van der Waals surface area contributed by atoms with Gasteiger partial charge >= 0.3 is 0 Å².